The van der Waals surface area contributed by atoms with Gasteiger partial charge in [0.15, 0.2) is 0 Å². The molecule has 1 unspecified atom stereocenters. The predicted molar refractivity (Wildman–Crippen MR) is 68.6 cm³/mol. The van der Waals surface area contributed by atoms with E-state index in [1.165, 1.54) is 0 Å². The van der Waals surface area contributed by atoms with E-state index in [9.17, 15) is 0 Å². The van der Waals surface area contributed by atoms with Gasteiger partial charge in [-0.15, -0.1) is 6.58 Å². The van der Waals surface area contributed by atoms with Crippen LogP contribution in [0, 0.1) is 5.41 Å². The van der Waals surface area contributed by atoms with Crippen LogP contribution in [0.2, 0.25) is 0 Å². The maximum absolute atomic E-state index is 4.07. The van der Waals surface area contributed by atoms with Crippen LogP contribution in [-0.4, -0.2) is 26.1 Å². The SMILES string of the molecule is C=CC(C)(CN=C)/C(=C/C)NC(C)=NC. The highest BCUT2D eigenvalue weighted by Crippen LogP contribution is 2.26. The molecule has 0 aromatic rings. The normalized spacial score (nSPS) is 16.8. The Morgan fingerprint density at radius 2 is 2.13 bits per heavy atom. The molecule has 0 bridgehead atoms. The maximum Gasteiger partial charge on any atom is 0.0969 e. The van der Waals surface area contributed by atoms with E-state index in [-0.39, 0.29) is 5.41 Å². The summed E-state index contributed by atoms with van der Waals surface area (Å²) in [6.07, 6.45) is 3.90. The first-order chi connectivity index (χ1) is 7.03. The smallest absolute Gasteiger partial charge is 0.0969 e. The number of nitrogens with one attached hydrogen (secondary N) is 1. The molecule has 0 saturated carbocycles. The highest BCUT2D eigenvalue weighted by Gasteiger charge is 2.24. The third kappa shape index (κ3) is 3.70. The van der Waals surface area contributed by atoms with Gasteiger partial charge in [0.2, 0.25) is 0 Å². The summed E-state index contributed by atoms with van der Waals surface area (Å²) in [7, 11) is 1.76. The average Bonchev–Trinajstić information content (AvgIpc) is 2.25. The molecule has 1 atom stereocenters. The van der Waals surface area contributed by atoms with Crippen LogP contribution in [0.3, 0.4) is 0 Å². The van der Waals surface area contributed by atoms with Crippen molar-refractivity contribution in [1.82, 2.24) is 5.32 Å². The van der Waals surface area contributed by atoms with Gasteiger partial charge in [-0.2, -0.15) is 0 Å². The molecule has 3 nitrogen and oxygen atoms in total. The van der Waals surface area contributed by atoms with Gasteiger partial charge in [0.25, 0.3) is 0 Å². The van der Waals surface area contributed by atoms with Crippen molar-refractivity contribution in [2.75, 3.05) is 13.6 Å². The molecule has 0 aliphatic rings. The second-order valence-electron chi connectivity index (χ2n) is 3.64. The fraction of sp³-hybridized carbons (Fsp3) is 0.500. The van der Waals surface area contributed by atoms with E-state index in [0.29, 0.717) is 6.54 Å². The van der Waals surface area contributed by atoms with E-state index in [4.69, 9.17) is 0 Å². The molecule has 0 rings (SSSR count). The van der Waals surface area contributed by atoms with Gasteiger partial charge in [0.1, 0.15) is 0 Å². The molecule has 0 spiro atoms. The molecular formula is C12H21N3. The Hall–Kier alpha value is -1.38. The van der Waals surface area contributed by atoms with Crippen molar-refractivity contribution in [2.45, 2.75) is 20.8 Å². The Balaban J connectivity index is 4.93. The minimum absolute atomic E-state index is 0.206. The van der Waals surface area contributed by atoms with Gasteiger partial charge in [-0.1, -0.05) is 12.2 Å². The van der Waals surface area contributed by atoms with E-state index >= 15 is 0 Å². The van der Waals surface area contributed by atoms with Crippen molar-refractivity contribution in [3.05, 3.63) is 24.4 Å². The van der Waals surface area contributed by atoms with Crippen molar-refractivity contribution in [1.29, 1.82) is 0 Å². The van der Waals surface area contributed by atoms with Gasteiger partial charge >= 0.3 is 0 Å². The number of hydrogen-bond donors (Lipinski definition) is 1. The number of rotatable bonds is 5. The molecule has 3 heteroatoms. The molecule has 0 aromatic carbocycles. The van der Waals surface area contributed by atoms with E-state index in [2.05, 4.69) is 35.5 Å². The van der Waals surface area contributed by atoms with E-state index in [1.807, 2.05) is 26.0 Å². The van der Waals surface area contributed by atoms with Gasteiger partial charge in [-0.25, -0.2) is 0 Å². The Labute approximate surface area is 92.7 Å². The van der Waals surface area contributed by atoms with Crippen molar-refractivity contribution in [3.63, 3.8) is 0 Å². The quantitative estimate of drug-likeness (QED) is 0.419. The molecule has 0 radical (unpaired) electrons. The summed E-state index contributed by atoms with van der Waals surface area (Å²) in [5.41, 5.74) is 0.843. The van der Waals surface area contributed by atoms with Crippen LogP contribution < -0.4 is 5.32 Å². The number of allylic oxidation sites excluding steroid dienone is 1. The molecule has 0 aromatic heterocycles. The summed E-state index contributed by atoms with van der Waals surface area (Å²) in [6.45, 7) is 14.0. The van der Waals surface area contributed by atoms with Crippen LogP contribution in [0.15, 0.2) is 34.4 Å². The molecule has 0 amide bonds. The molecule has 15 heavy (non-hydrogen) atoms. The van der Waals surface area contributed by atoms with Crippen LogP contribution in [0.4, 0.5) is 0 Å². The minimum atomic E-state index is -0.206. The van der Waals surface area contributed by atoms with Gasteiger partial charge in [-0.05, 0) is 27.5 Å². The molecular weight excluding hydrogens is 186 g/mol. The van der Waals surface area contributed by atoms with Gasteiger partial charge in [-0.3, -0.25) is 9.98 Å². The zero-order valence-corrected chi connectivity index (χ0v) is 10.2. The summed E-state index contributed by atoms with van der Waals surface area (Å²) in [6, 6.07) is 0. The Kier molecular flexibility index (Phi) is 5.60. The molecule has 0 heterocycles. The second-order valence-corrected chi connectivity index (χ2v) is 3.64. The minimum Gasteiger partial charge on any atom is -0.347 e. The van der Waals surface area contributed by atoms with Gasteiger partial charge in [0, 0.05) is 18.2 Å². The lowest BCUT2D eigenvalue weighted by Gasteiger charge is -2.28. The van der Waals surface area contributed by atoms with E-state index < -0.39 is 0 Å². The molecule has 84 valence electrons. The predicted octanol–water partition coefficient (Wildman–Crippen LogP) is 2.42. The lowest BCUT2D eigenvalue weighted by Crippen LogP contribution is -2.32. The Bertz CT molecular complexity index is 289. The zero-order chi connectivity index (χ0) is 11.9. The molecule has 0 aliphatic carbocycles. The average molecular weight is 207 g/mol. The molecule has 1 N–H and O–H groups in total. The topological polar surface area (TPSA) is 36.8 Å². The summed E-state index contributed by atoms with van der Waals surface area (Å²) in [5, 5.41) is 3.24. The van der Waals surface area contributed by atoms with Crippen molar-refractivity contribution in [3.8, 4) is 0 Å². The fourth-order valence-corrected chi connectivity index (χ4v) is 1.29. The van der Waals surface area contributed by atoms with Crippen molar-refractivity contribution in [2.24, 2.45) is 15.4 Å². The monoisotopic (exact) mass is 207 g/mol. The van der Waals surface area contributed by atoms with Crippen molar-refractivity contribution < 1.29 is 0 Å². The lowest BCUT2D eigenvalue weighted by atomic mass is 9.86. The number of amidine groups is 1. The first-order valence-corrected chi connectivity index (χ1v) is 4.97. The highest BCUT2D eigenvalue weighted by atomic mass is 15.0. The number of hydrogen-bond acceptors (Lipinski definition) is 2. The second kappa shape index (κ2) is 6.17. The first kappa shape index (κ1) is 13.6. The third-order valence-electron chi connectivity index (χ3n) is 2.45. The van der Waals surface area contributed by atoms with Crippen LogP contribution in [0.25, 0.3) is 0 Å². The number of aliphatic imine (C=N–C) groups is 2. The van der Waals surface area contributed by atoms with Crippen LogP contribution in [0.1, 0.15) is 20.8 Å². The molecule has 0 aliphatic heterocycles. The lowest BCUT2D eigenvalue weighted by molar-refractivity contribution is 0.510. The third-order valence-corrected chi connectivity index (χ3v) is 2.45. The largest absolute Gasteiger partial charge is 0.347 e. The highest BCUT2D eigenvalue weighted by molar-refractivity contribution is 5.81. The van der Waals surface area contributed by atoms with Crippen molar-refractivity contribution >= 4 is 12.6 Å². The summed E-state index contributed by atoms with van der Waals surface area (Å²) >= 11 is 0. The van der Waals surface area contributed by atoms with E-state index in [1.54, 1.807) is 7.05 Å². The van der Waals surface area contributed by atoms with Crippen LogP contribution in [0.5, 0.6) is 0 Å². The van der Waals surface area contributed by atoms with Gasteiger partial charge < -0.3 is 5.32 Å². The Morgan fingerprint density at radius 1 is 1.53 bits per heavy atom. The van der Waals surface area contributed by atoms with Gasteiger partial charge in [0.05, 0.1) is 12.4 Å². The first-order valence-electron chi connectivity index (χ1n) is 4.97. The standard InChI is InChI=1S/C12H21N3/c1-7-11(15-10(3)14-6)12(4,8-2)9-13-5/h7-8H,2,5,9H2,1,3-4,6H3,(H,14,15)/b11-7-. The molecule has 0 fully saturated rings. The Morgan fingerprint density at radius 3 is 2.47 bits per heavy atom. The van der Waals surface area contributed by atoms with Crippen LogP contribution >= 0.6 is 0 Å². The van der Waals surface area contributed by atoms with Crippen LogP contribution in [-0.2, 0) is 0 Å². The summed E-state index contributed by atoms with van der Waals surface area (Å²) in [4.78, 5) is 8.01. The molecule has 0 saturated heterocycles. The summed E-state index contributed by atoms with van der Waals surface area (Å²) in [5.74, 6) is 0.875. The number of nitrogens with zero attached hydrogens (tertiary/aromatic N) is 2. The zero-order valence-electron chi connectivity index (χ0n) is 10.2. The maximum atomic E-state index is 4.07. The van der Waals surface area contributed by atoms with E-state index in [0.717, 1.165) is 11.5 Å². The summed E-state index contributed by atoms with van der Waals surface area (Å²) < 4.78 is 0. The fourth-order valence-electron chi connectivity index (χ4n) is 1.29.